The van der Waals surface area contributed by atoms with Crippen molar-refractivity contribution in [2.45, 2.75) is 45.4 Å². The van der Waals surface area contributed by atoms with Crippen LogP contribution in [0.15, 0.2) is 23.2 Å². The summed E-state index contributed by atoms with van der Waals surface area (Å²) >= 11 is 0. The first-order valence-corrected chi connectivity index (χ1v) is 10.2. The minimum Gasteiger partial charge on any atom is -0.454 e. The molecule has 0 saturated heterocycles. The highest BCUT2D eigenvalue weighted by molar-refractivity contribution is 5.79. The van der Waals surface area contributed by atoms with Crippen LogP contribution in [0.3, 0.4) is 0 Å². The average molecular weight is 377 g/mol. The predicted octanol–water partition coefficient (Wildman–Crippen LogP) is 3.03. The first kappa shape index (κ1) is 21.4. The highest BCUT2D eigenvalue weighted by Gasteiger charge is 2.12. The van der Waals surface area contributed by atoms with Gasteiger partial charge in [0.1, 0.15) is 0 Å². The number of nitrogens with one attached hydrogen (secondary N) is 2. The third-order valence-corrected chi connectivity index (χ3v) is 4.52. The second-order valence-electron chi connectivity index (χ2n) is 7.20. The maximum absolute atomic E-state index is 5.44. The average Bonchev–Trinajstić information content (AvgIpc) is 3.11. The number of aliphatic imine (C=N–C) groups is 1. The molecule has 0 aromatic heterocycles. The number of nitrogens with zero attached hydrogens (tertiary/aromatic N) is 2. The second kappa shape index (κ2) is 12.4. The van der Waals surface area contributed by atoms with Crippen LogP contribution in [0.5, 0.6) is 11.5 Å². The zero-order valence-electron chi connectivity index (χ0n) is 17.2. The Bertz CT molecular complexity index is 575. The Balaban J connectivity index is 1.61. The molecule has 0 unspecified atom stereocenters. The quantitative estimate of drug-likeness (QED) is 0.334. The molecule has 6 heteroatoms. The maximum Gasteiger partial charge on any atom is 0.231 e. The maximum atomic E-state index is 5.44. The van der Waals surface area contributed by atoms with Gasteiger partial charge in [0.05, 0.1) is 0 Å². The van der Waals surface area contributed by atoms with Crippen LogP contribution in [-0.2, 0) is 6.42 Å². The molecule has 1 aromatic carbocycles. The van der Waals surface area contributed by atoms with Crippen LogP contribution in [0.25, 0.3) is 0 Å². The summed E-state index contributed by atoms with van der Waals surface area (Å²) in [7, 11) is 4.27. The van der Waals surface area contributed by atoms with Crippen LogP contribution in [0, 0.1) is 0 Å². The number of guanidine groups is 1. The van der Waals surface area contributed by atoms with E-state index < -0.39 is 0 Å². The Hall–Kier alpha value is -1.95. The molecule has 1 aliphatic heterocycles. The molecule has 1 aromatic rings. The van der Waals surface area contributed by atoms with Crippen molar-refractivity contribution in [1.82, 2.24) is 15.5 Å². The van der Waals surface area contributed by atoms with Gasteiger partial charge in [-0.05, 0) is 64.5 Å². The molecule has 0 spiro atoms. The van der Waals surface area contributed by atoms with E-state index in [0.29, 0.717) is 6.79 Å². The summed E-state index contributed by atoms with van der Waals surface area (Å²) in [5.41, 5.74) is 1.24. The van der Waals surface area contributed by atoms with E-state index in [4.69, 9.17) is 14.5 Å². The summed E-state index contributed by atoms with van der Waals surface area (Å²) in [6.07, 6.45) is 7.24. The Morgan fingerprint density at radius 2 is 1.81 bits per heavy atom. The van der Waals surface area contributed by atoms with Gasteiger partial charge in [0, 0.05) is 19.6 Å². The van der Waals surface area contributed by atoms with E-state index in [1.165, 1.54) is 37.8 Å². The van der Waals surface area contributed by atoms with Crippen LogP contribution in [0.2, 0.25) is 0 Å². The molecule has 0 amide bonds. The number of hydrogen-bond donors (Lipinski definition) is 2. The van der Waals surface area contributed by atoms with Gasteiger partial charge in [-0.1, -0.05) is 25.3 Å². The minimum atomic E-state index is 0.323. The monoisotopic (exact) mass is 376 g/mol. The molecule has 0 saturated carbocycles. The lowest BCUT2D eigenvalue weighted by atomic mass is 10.1. The molecule has 1 aliphatic rings. The molecular weight excluding hydrogens is 340 g/mol. The minimum absolute atomic E-state index is 0.323. The largest absolute Gasteiger partial charge is 0.454 e. The number of benzene rings is 1. The normalized spacial score (nSPS) is 13.3. The van der Waals surface area contributed by atoms with E-state index >= 15 is 0 Å². The summed E-state index contributed by atoms with van der Waals surface area (Å²) in [6.45, 7) is 6.21. The molecule has 27 heavy (non-hydrogen) atoms. The second-order valence-corrected chi connectivity index (χ2v) is 7.20. The molecule has 1 heterocycles. The van der Waals surface area contributed by atoms with Gasteiger partial charge in [-0.25, -0.2) is 0 Å². The van der Waals surface area contributed by atoms with Crippen molar-refractivity contribution in [1.29, 1.82) is 0 Å². The third-order valence-electron chi connectivity index (χ3n) is 4.52. The fourth-order valence-corrected chi connectivity index (χ4v) is 3.02. The molecule has 0 fully saturated rings. The van der Waals surface area contributed by atoms with E-state index in [0.717, 1.165) is 49.9 Å². The number of unbranched alkanes of at least 4 members (excludes halogenated alkanes) is 4. The highest BCUT2D eigenvalue weighted by Crippen LogP contribution is 2.32. The van der Waals surface area contributed by atoms with Crippen molar-refractivity contribution in [2.75, 3.05) is 47.1 Å². The van der Waals surface area contributed by atoms with E-state index in [9.17, 15) is 0 Å². The fraction of sp³-hybridized carbons (Fsp3) is 0.667. The zero-order valence-corrected chi connectivity index (χ0v) is 17.2. The molecule has 0 aliphatic carbocycles. The lowest BCUT2D eigenvalue weighted by Crippen LogP contribution is -2.38. The van der Waals surface area contributed by atoms with Gasteiger partial charge < -0.3 is 25.0 Å². The van der Waals surface area contributed by atoms with Crippen LogP contribution < -0.4 is 20.1 Å². The van der Waals surface area contributed by atoms with Gasteiger partial charge in [-0.15, -0.1) is 0 Å². The van der Waals surface area contributed by atoms with Crippen molar-refractivity contribution in [3.05, 3.63) is 23.8 Å². The van der Waals surface area contributed by atoms with Crippen molar-refractivity contribution in [3.63, 3.8) is 0 Å². The predicted molar refractivity (Wildman–Crippen MR) is 112 cm³/mol. The Morgan fingerprint density at radius 1 is 1.04 bits per heavy atom. The van der Waals surface area contributed by atoms with Crippen molar-refractivity contribution in [3.8, 4) is 11.5 Å². The zero-order chi connectivity index (χ0) is 19.3. The molecule has 0 atom stereocenters. The smallest absolute Gasteiger partial charge is 0.231 e. The molecule has 6 nitrogen and oxygen atoms in total. The summed E-state index contributed by atoms with van der Waals surface area (Å²) in [6, 6.07) is 6.13. The fourth-order valence-electron chi connectivity index (χ4n) is 3.02. The summed E-state index contributed by atoms with van der Waals surface area (Å²) in [5.74, 6) is 2.59. The van der Waals surface area contributed by atoms with Crippen LogP contribution in [0.1, 0.15) is 44.6 Å². The molecule has 2 rings (SSSR count). The molecular formula is C21H36N4O2. The van der Waals surface area contributed by atoms with Crippen molar-refractivity contribution in [2.24, 2.45) is 4.99 Å². The van der Waals surface area contributed by atoms with Crippen molar-refractivity contribution < 1.29 is 9.47 Å². The standard InChI is InChI=1S/C21H36N4O2/c1-4-22-21(23-13-8-6-5-7-9-15-25(2)3)24-14-12-18-10-11-19-20(16-18)27-17-26-19/h10-11,16H,4-9,12-15,17H2,1-3H3,(H2,22,23,24). The van der Waals surface area contributed by atoms with Crippen molar-refractivity contribution >= 4 is 5.96 Å². The van der Waals surface area contributed by atoms with Gasteiger partial charge in [-0.3, -0.25) is 4.99 Å². The lowest BCUT2D eigenvalue weighted by molar-refractivity contribution is 0.174. The van der Waals surface area contributed by atoms with E-state index in [-0.39, 0.29) is 0 Å². The van der Waals surface area contributed by atoms with E-state index in [2.05, 4.69) is 48.7 Å². The molecule has 0 radical (unpaired) electrons. The number of rotatable bonds is 12. The van der Waals surface area contributed by atoms with Crippen LogP contribution in [-0.4, -0.2) is 57.9 Å². The van der Waals surface area contributed by atoms with Gasteiger partial charge in [0.15, 0.2) is 17.5 Å². The topological polar surface area (TPSA) is 58.1 Å². The van der Waals surface area contributed by atoms with Gasteiger partial charge in [0.25, 0.3) is 0 Å². The third kappa shape index (κ3) is 8.52. The van der Waals surface area contributed by atoms with E-state index in [1.54, 1.807) is 0 Å². The highest BCUT2D eigenvalue weighted by atomic mass is 16.7. The molecule has 2 N–H and O–H groups in total. The Kier molecular flexibility index (Phi) is 9.84. The van der Waals surface area contributed by atoms with Crippen LogP contribution >= 0.6 is 0 Å². The van der Waals surface area contributed by atoms with E-state index in [1.807, 2.05) is 6.07 Å². The lowest BCUT2D eigenvalue weighted by Gasteiger charge is -2.11. The van der Waals surface area contributed by atoms with Gasteiger partial charge >= 0.3 is 0 Å². The Morgan fingerprint density at radius 3 is 2.63 bits per heavy atom. The number of hydrogen-bond acceptors (Lipinski definition) is 4. The summed E-state index contributed by atoms with van der Waals surface area (Å²) in [5, 5.41) is 6.74. The first-order valence-electron chi connectivity index (χ1n) is 10.2. The van der Waals surface area contributed by atoms with Gasteiger partial charge in [-0.2, -0.15) is 0 Å². The molecule has 0 bridgehead atoms. The summed E-state index contributed by atoms with van der Waals surface area (Å²) in [4.78, 5) is 6.94. The number of fused-ring (bicyclic) bond motifs is 1. The van der Waals surface area contributed by atoms with Gasteiger partial charge in [0.2, 0.25) is 6.79 Å². The molecule has 152 valence electrons. The Labute approximate surface area is 164 Å². The first-order chi connectivity index (χ1) is 13.2. The van der Waals surface area contributed by atoms with Crippen LogP contribution in [0.4, 0.5) is 0 Å². The summed E-state index contributed by atoms with van der Waals surface area (Å²) < 4.78 is 10.8. The number of ether oxygens (including phenoxy) is 2. The SMILES string of the molecule is CCNC(=NCCCCCCCN(C)C)NCCc1ccc2c(c1)OCO2.